The van der Waals surface area contributed by atoms with E-state index >= 15 is 0 Å². The van der Waals surface area contributed by atoms with Crippen molar-refractivity contribution in [3.63, 3.8) is 0 Å². The zero-order valence-corrected chi connectivity index (χ0v) is 15.6. The fraction of sp³-hybridized carbons (Fsp3) is 0.235. The Labute approximate surface area is 158 Å². The van der Waals surface area contributed by atoms with Crippen molar-refractivity contribution in [3.8, 4) is 0 Å². The standard InChI is InChI=1S/C17H17Cl2NO4S/c1-25(24)15-5-3-2-4-11(15)16(21)12(9-20-17(22)23)10-6-7-13(18)14(19)8-10/h2-8,12,16,20-21H,9H2,1H3,(H,22,23). The van der Waals surface area contributed by atoms with Crippen molar-refractivity contribution >= 4 is 40.1 Å². The Morgan fingerprint density at radius 3 is 2.48 bits per heavy atom. The molecule has 0 aromatic heterocycles. The van der Waals surface area contributed by atoms with Gasteiger partial charge in [-0.05, 0) is 29.3 Å². The Balaban J connectivity index is 2.46. The summed E-state index contributed by atoms with van der Waals surface area (Å²) in [7, 11) is -1.30. The summed E-state index contributed by atoms with van der Waals surface area (Å²) in [6, 6.07) is 11.7. The molecule has 0 aliphatic carbocycles. The number of hydrogen-bond donors (Lipinski definition) is 3. The summed E-state index contributed by atoms with van der Waals surface area (Å²) >= 11 is 12.0. The van der Waals surface area contributed by atoms with E-state index in [2.05, 4.69) is 5.32 Å². The Morgan fingerprint density at radius 1 is 1.20 bits per heavy atom. The van der Waals surface area contributed by atoms with Crippen molar-refractivity contribution in [2.45, 2.75) is 16.9 Å². The molecule has 0 saturated heterocycles. The van der Waals surface area contributed by atoms with E-state index in [1.54, 1.807) is 42.5 Å². The summed E-state index contributed by atoms with van der Waals surface area (Å²) < 4.78 is 11.9. The van der Waals surface area contributed by atoms with Gasteiger partial charge in [0.2, 0.25) is 0 Å². The quantitative estimate of drug-likeness (QED) is 0.686. The van der Waals surface area contributed by atoms with Crippen LogP contribution in [0.4, 0.5) is 4.79 Å². The highest BCUT2D eigenvalue weighted by molar-refractivity contribution is 7.84. The van der Waals surface area contributed by atoms with Gasteiger partial charge in [-0.1, -0.05) is 47.5 Å². The second kappa shape index (κ2) is 8.67. The highest BCUT2D eigenvalue weighted by Gasteiger charge is 2.26. The topological polar surface area (TPSA) is 86.6 Å². The van der Waals surface area contributed by atoms with E-state index in [1.807, 2.05) is 0 Å². The van der Waals surface area contributed by atoms with Crippen LogP contribution < -0.4 is 5.32 Å². The van der Waals surface area contributed by atoms with Gasteiger partial charge in [0.1, 0.15) is 0 Å². The fourth-order valence-electron chi connectivity index (χ4n) is 2.56. The maximum Gasteiger partial charge on any atom is 0.404 e. The van der Waals surface area contributed by atoms with E-state index in [0.717, 1.165) is 0 Å². The number of hydrogen-bond acceptors (Lipinski definition) is 3. The summed E-state index contributed by atoms with van der Waals surface area (Å²) in [5, 5.41) is 22.8. The lowest BCUT2D eigenvalue weighted by molar-refractivity contribution is 0.138. The zero-order chi connectivity index (χ0) is 18.6. The summed E-state index contributed by atoms with van der Waals surface area (Å²) in [4.78, 5) is 11.4. The predicted octanol–water partition coefficient (Wildman–Crippen LogP) is 3.82. The van der Waals surface area contributed by atoms with Crippen molar-refractivity contribution < 1.29 is 19.2 Å². The minimum atomic E-state index is -1.30. The van der Waals surface area contributed by atoms with E-state index in [9.17, 15) is 14.1 Å². The molecule has 1 amide bonds. The molecule has 8 heteroatoms. The van der Waals surface area contributed by atoms with E-state index < -0.39 is 28.9 Å². The van der Waals surface area contributed by atoms with Crippen LogP contribution in [-0.2, 0) is 10.8 Å². The number of benzene rings is 2. The van der Waals surface area contributed by atoms with Crippen LogP contribution in [0.5, 0.6) is 0 Å². The lowest BCUT2D eigenvalue weighted by Crippen LogP contribution is -2.30. The normalized spacial score (nSPS) is 14.6. The van der Waals surface area contributed by atoms with Gasteiger partial charge in [0, 0.05) is 23.6 Å². The van der Waals surface area contributed by atoms with E-state index in [0.29, 0.717) is 26.1 Å². The van der Waals surface area contributed by atoms with Crippen LogP contribution in [0.1, 0.15) is 23.1 Å². The Morgan fingerprint density at radius 2 is 1.88 bits per heavy atom. The summed E-state index contributed by atoms with van der Waals surface area (Å²) in [6.45, 7) is -0.0425. The van der Waals surface area contributed by atoms with Crippen LogP contribution >= 0.6 is 23.2 Å². The molecule has 0 heterocycles. The van der Waals surface area contributed by atoms with Crippen LogP contribution in [0.2, 0.25) is 10.0 Å². The lowest BCUT2D eigenvalue weighted by atomic mass is 9.89. The van der Waals surface area contributed by atoms with Crippen LogP contribution in [0.3, 0.4) is 0 Å². The molecule has 5 nitrogen and oxygen atoms in total. The second-order valence-corrected chi connectivity index (χ2v) is 7.57. The molecule has 3 atom stereocenters. The maximum atomic E-state index is 11.9. The average Bonchev–Trinajstić information content (AvgIpc) is 2.57. The molecule has 0 aliphatic rings. The molecule has 3 N–H and O–H groups in total. The third kappa shape index (κ3) is 4.95. The first-order valence-electron chi connectivity index (χ1n) is 7.33. The van der Waals surface area contributed by atoms with Crippen molar-refractivity contribution in [1.82, 2.24) is 5.32 Å². The molecule has 2 rings (SSSR count). The first-order valence-corrected chi connectivity index (χ1v) is 9.64. The van der Waals surface area contributed by atoms with Gasteiger partial charge in [0.05, 0.1) is 26.9 Å². The van der Waals surface area contributed by atoms with Crippen molar-refractivity contribution in [2.24, 2.45) is 0 Å². The number of rotatable bonds is 6. The van der Waals surface area contributed by atoms with Gasteiger partial charge in [0.25, 0.3) is 0 Å². The zero-order valence-electron chi connectivity index (χ0n) is 13.3. The fourth-order valence-corrected chi connectivity index (χ4v) is 3.65. The van der Waals surface area contributed by atoms with Crippen molar-refractivity contribution in [1.29, 1.82) is 0 Å². The number of aliphatic hydroxyl groups is 1. The van der Waals surface area contributed by atoms with Crippen LogP contribution in [0.15, 0.2) is 47.4 Å². The molecule has 3 unspecified atom stereocenters. The molecule has 0 aliphatic heterocycles. The van der Waals surface area contributed by atoms with Gasteiger partial charge in [0.15, 0.2) is 0 Å². The van der Waals surface area contributed by atoms with Gasteiger partial charge in [-0.25, -0.2) is 4.79 Å². The molecular formula is C17H17Cl2NO4S. The summed E-state index contributed by atoms with van der Waals surface area (Å²) in [5.41, 5.74) is 1.10. The van der Waals surface area contributed by atoms with Crippen LogP contribution in [-0.4, -0.2) is 33.3 Å². The molecule has 0 fully saturated rings. The molecule has 25 heavy (non-hydrogen) atoms. The maximum absolute atomic E-state index is 11.9. The molecule has 0 bridgehead atoms. The number of amides is 1. The number of halogens is 2. The van der Waals surface area contributed by atoms with Gasteiger partial charge in [-0.3, -0.25) is 4.21 Å². The molecule has 0 saturated carbocycles. The van der Waals surface area contributed by atoms with Crippen molar-refractivity contribution in [2.75, 3.05) is 12.8 Å². The molecule has 2 aromatic rings. The number of nitrogens with one attached hydrogen (secondary N) is 1. The number of carboxylic acid groups (broad SMARTS) is 1. The molecule has 134 valence electrons. The van der Waals surface area contributed by atoms with Crippen LogP contribution in [0, 0.1) is 0 Å². The molecule has 0 spiro atoms. The monoisotopic (exact) mass is 401 g/mol. The molecular weight excluding hydrogens is 385 g/mol. The van der Waals surface area contributed by atoms with Gasteiger partial charge >= 0.3 is 6.09 Å². The SMILES string of the molecule is CS(=O)c1ccccc1C(O)C(CNC(=O)O)c1ccc(Cl)c(Cl)c1. The predicted molar refractivity (Wildman–Crippen MR) is 99.0 cm³/mol. The highest BCUT2D eigenvalue weighted by atomic mass is 35.5. The minimum absolute atomic E-state index is 0.0425. The van der Waals surface area contributed by atoms with Gasteiger partial charge < -0.3 is 15.5 Å². The number of aliphatic hydroxyl groups excluding tert-OH is 1. The molecule has 2 aromatic carbocycles. The lowest BCUT2D eigenvalue weighted by Gasteiger charge is -2.25. The third-order valence-electron chi connectivity index (χ3n) is 3.77. The van der Waals surface area contributed by atoms with E-state index in [1.165, 1.54) is 6.26 Å². The van der Waals surface area contributed by atoms with Gasteiger partial charge in [-0.2, -0.15) is 0 Å². The largest absolute Gasteiger partial charge is 0.465 e. The van der Waals surface area contributed by atoms with E-state index in [-0.39, 0.29) is 6.54 Å². The highest BCUT2D eigenvalue weighted by Crippen LogP contribution is 2.35. The Hall–Kier alpha value is -1.60. The summed E-state index contributed by atoms with van der Waals surface area (Å²) in [6.07, 6.45) is -0.760. The first kappa shape index (κ1) is 19.7. The third-order valence-corrected chi connectivity index (χ3v) is 5.50. The smallest absolute Gasteiger partial charge is 0.404 e. The van der Waals surface area contributed by atoms with E-state index in [4.69, 9.17) is 28.3 Å². The second-order valence-electron chi connectivity index (χ2n) is 5.40. The Bertz CT molecular complexity index is 800. The van der Waals surface area contributed by atoms with Gasteiger partial charge in [-0.15, -0.1) is 0 Å². The first-order chi connectivity index (χ1) is 11.8. The van der Waals surface area contributed by atoms with Crippen LogP contribution in [0.25, 0.3) is 0 Å². The Kier molecular flexibility index (Phi) is 6.84. The van der Waals surface area contributed by atoms with Crippen molar-refractivity contribution in [3.05, 3.63) is 63.6 Å². The average molecular weight is 402 g/mol. The summed E-state index contributed by atoms with van der Waals surface area (Å²) in [5.74, 6) is -0.629. The minimum Gasteiger partial charge on any atom is -0.465 e. The molecule has 0 radical (unpaired) electrons. The number of carbonyl (C=O) groups is 1.